The largest absolute Gasteiger partial charge is 0.324 e. The van der Waals surface area contributed by atoms with Crippen molar-refractivity contribution in [1.29, 1.82) is 0 Å². The number of rotatable bonds is 3. The first-order chi connectivity index (χ1) is 9.17. The molecule has 1 aliphatic rings. The van der Waals surface area contributed by atoms with Crippen molar-refractivity contribution < 1.29 is 4.79 Å². The SMILES string of the molecule is NC1(C(=O)Nc2cccc(-n3ccnc3)c2)CCC1. The van der Waals surface area contributed by atoms with Crippen molar-refractivity contribution in [2.24, 2.45) is 5.73 Å². The maximum atomic E-state index is 12.1. The van der Waals surface area contributed by atoms with Gasteiger partial charge in [-0.2, -0.15) is 0 Å². The molecule has 1 heterocycles. The molecule has 0 aliphatic heterocycles. The molecule has 1 aromatic heterocycles. The van der Waals surface area contributed by atoms with E-state index in [0.717, 1.165) is 30.6 Å². The summed E-state index contributed by atoms with van der Waals surface area (Å²) in [5, 5.41) is 2.89. The van der Waals surface area contributed by atoms with Crippen molar-refractivity contribution in [3.8, 4) is 5.69 Å². The lowest BCUT2D eigenvalue weighted by molar-refractivity contribution is -0.123. The van der Waals surface area contributed by atoms with Crippen LogP contribution in [0, 0.1) is 0 Å². The molecule has 0 saturated heterocycles. The first-order valence-corrected chi connectivity index (χ1v) is 6.36. The summed E-state index contributed by atoms with van der Waals surface area (Å²) in [6, 6.07) is 7.62. The number of anilines is 1. The van der Waals surface area contributed by atoms with Crippen molar-refractivity contribution in [3.05, 3.63) is 43.0 Å². The zero-order valence-electron chi connectivity index (χ0n) is 10.5. The van der Waals surface area contributed by atoms with Crippen LogP contribution in [0.2, 0.25) is 0 Å². The van der Waals surface area contributed by atoms with E-state index in [1.807, 2.05) is 35.0 Å². The number of aromatic nitrogens is 2. The Hall–Kier alpha value is -2.14. The van der Waals surface area contributed by atoms with Gasteiger partial charge < -0.3 is 15.6 Å². The quantitative estimate of drug-likeness (QED) is 0.877. The lowest BCUT2D eigenvalue weighted by Crippen LogP contribution is -2.56. The highest BCUT2D eigenvalue weighted by atomic mass is 16.2. The number of carbonyl (C=O) groups is 1. The van der Waals surface area contributed by atoms with Crippen LogP contribution in [0.3, 0.4) is 0 Å². The molecule has 98 valence electrons. The number of nitrogens with zero attached hydrogens (tertiary/aromatic N) is 2. The lowest BCUT2D eigenvalue weighted by Gasteiger charge is -2.36. The standard InChI is InChI=1S/C14H16N4O/c15-14(5-2-6-14)13(19)17-11-3-1-4-12(9-11)18-8-7-16-10-18/h1,3-4,7-10H,2,5-6,15H2,(H,17,19). The van der Waals surface area contributed by atoms with Crippen LogP contribution in [0.15, 0.2) is 43.0 Å². The normalized spacial score (nSPS) is 16.7. The predicted molar refractivity (Wildman–Crippen MR) is 73.0 cm³/mol. The number of nitrogens with one attached hydrogen (secondary N) is 1. The third kappa shape index (κ3) is 2.24. The fraction of sp³-hybridized carbons (Fsp3) is 0.286. The highest BCUT2D eigenvalue weighted by Crippen LogP contribution is 2.30. The number of carbonyl (C=O) groups excluding carboxylic acids is 1. The Bertz CT molecular complexity index is 587. The van der Waals surface area contributed by atoms with E-state index in [2.05, 4.69) is 10.3 Å². The first-order valence-electron chi connectivity index (χ1n) is 6.36. The number of benzene rings is 1. The van der Waals surface area contributed by atoms with Crippen molar-refractivity contribution in [2.45, 2.75) is 24.8 Å². The highest BCUT2D eigenvalue weighted by molar-refractivity contribution is 5.98. The number of hydrogen-bond acceptors (Lipinski definition) is 3. The van der Waals surface area contributed by atoms with Crippen molar-refractivity contribution in [3.63, 3.8) is 0 Å². The van der Waals surface area contributed by atoms with Crippen LogP contribution < -0.4 is 11.1 Å². The Morgan fingerprint density at radius 3 is 2.89 bits per heavy atom. The van der Waals surface area contributed by atoms with Crippen LogP contribution in [-0.2, 0) is 4.79 Å². The molecule has 0 bridgehead atoms. The molecule has 5 heteroatoms. The molecule has 0 atom stereocenters. The molecule has 1 aromatic carbocycles. The van der Waals surface area contributed by atoms with E-state index < -0.39 is 5.54 Å². The van der Waals surface area contributed by atoms with Gasteiger partial charge in [-0.15, -0.1) is 0 Å². The Kier molecular flexibility index (Phi) is 2.83. The minimum Gasteiger partial charge on any atom is -0.324 e. The molecular weight excluding hydrogens is 240 g/mol. The molecule has 0 unspecified atom stereocenters. The Balaban J connectivity index is 1.78. The van der Waals surface area contributed by atoms with Gasteiger partial charge in [-0.1, -0.05) is 6.07 Å². The summed E-state index contributed by atoms with van der Waals surface area (Å²) in [6.45, 7) is 0. The van der Waals surface area contributed by atoms with Crippen molar-refractivity contribution >= 4 is 11.6 Å². The van der Waals surface area contributed by atoms with E-state index in [1.165, 1.54) is 0 Å². The maximum absolute atomic E-state index is 12.1. The van der Waals surface area contributed by atoms with Gasteiger partial charge in [0.2, 0.25) is 5.91 Å². The summed E-state index contributed by atoms with van der Waals surface area (Å²) in [5.41, 5.74) is 7.04. The maximum Gasteiger partial charge on any atom is 0.244 e. The zero-order chi connectivity index (χ0) is 13.3. The Morgan fingerprint density at radius 2 is 2.26 bits per heavy atom. The Labute approximate surface area is 111 Å². The van der Waals surface area contributed by atoms with Crippen molar-refractivity contribution in [2.75, 3.05) is 5.32 Å². The second kappa shape index (κ2) is 4.51. The van der Waals surface area contributed by atoms with Crippen LogP contribution in [-0.4, -0.2) is 21.0 Å². The van der Waals surface area contributed by atoms with Crippen LogP contribution in [0.4, 0.5) is 5.69 Å². The lowest BCUT2D eigenvalue weighted by atomic mass is 9.77. The van der Waals surface area contributed by atoms with Crippen LogP contribution >= 0.6 is 0 Å². The minimum absolute atomic E-state index is 0.0958. The van der Waals surface area contributed by atoms with Crippen LogP contribution in [0.1, 0.15) is 19.3 Å². The van der Waals surface area contributed by atoms with Gasteiger partial charge in [0, 0.05) is 23.8 Å². The Morgan fingerprint density at radius 1 is 1.42 bits per heavy atom. The third-order valence-electron chi connectivity index (χ3n) is 3.60. The molecule has 3 rings (SSSR count). The third-order valence-corrected chi connectivity index (χ3v) is 3.60. The van der Waals surface area contributed by atoms with Gasteiger partial charge in [0.15, 0.2) is 0 Å². The van der Waals surface area contributed by atoms with E-state index >= 15 is 0 Å². The number of hydrogen-bond donors (Lipinski definition) is 2. The highest BCUT2D eigenvalue weighted by Gasteiger charge is 2.40. The molecule has 5 nitrogen and oxygen atoms in total. The topological polar surface area (TPSA) is 72.9 Å². The number of nitrogens with two attached hydrogens (primary N) is 1. The molecule has 0 spiro atoms. The van der Waals surface area contributed by atoms with E-state index in [1.54, 1.807) is 12.5 Å². The van der Waals surface area contributed by atoms with Crippen LogP contribution in [0.25, 0.3) is 5.69 Å². The summed E-state index contributed by atoms with van der Waals surface area (Å²) in [6.07, 6.45) is 7.85. The molecule has 3 N–H and O–H groups in total. The zero-order valence-corrected chi connectivity index (χ0v) is 10.5. The van der Waals surface area contributed by atoms with Gasteiger partial charge in [-0.3, -0.25) is 4.79 Å². The summed E-state index contributed by atoms with van der Waals surface area (Å²) < 4.78 is 1.89. The van der Waals surface area contributed by atoms with E-state index in [4.69, 9.17) is 5.73 Å². The fourth-order valence-electron chi connectivity index (χ4n) is 2.20. The molecule has 2 aromatic rings. The predicted octanol–water partition coefficient (Wildman–Crippen LogP) is 1.69. The number of amides is 1. The fourth-order valence-corrected chi connectivity index (χ4v) is 2.20. The first kappa shape index (κ1) is 11.9. The monoisotopic (exact) mass is 256 g/mol. The van der Waals surface area contributed by atoms with Gasteiger partial charge in [-0.25, -0.2) is 4.98 Å². The van der Waals surface area contributed by atoms with Gasteiger partial charge in [-0.05, 0) is 37.5 Å². The average molecular weight is 256 g/mol. The van der Waals surface area contributed by atoms with Gasteiger partial charge in [0.25, 0.3) is 0 Å². The van der Waals surface area contributed by atoms with Gasteiger partial charge in [0.05, 0.1) is 11.9 Å². The summed E-state index contributed by atoms with van der Waals surface area (Å²) >= 11 is 0. The molecule has 19 heavy (non-hydrogen) atoms. The van der Waals surface area contributed by atoms with Crippen LogP contribution in [0.5, 0.6) is 0 Å². The van der Waals surface area contributed by atoms with E-state index in [-0.39, 0.29) is 5.91 Å². The summed E-state index contributed by atoms with van der Waals surface area (Å²) in [5.74, 6) is -0.0958. The van der Waals surface area contributed by atoms with Gasteiger partial charge >= 0.3 is 0 Å². The van der Waals surface area contributed by atoms with Gasteiger partial charge in [0.1, 0.15) is 0 Å². The second-order valence-corrected chi connectivity index (χ2v) is 4.98. The average Bonchev–Trinajstić information content (AvgIpc) is 2.90. The van der Waals surface area contributed by atoms with E-state index in [9.17, 15) is 4.79 Å². The smallest absolute Gasteiger partial charge is 0.244 e. The second-order valence-electron chi connectivity index (χ2n) is 4.98. The molecule has 1 amide bonds. The van der Waals surface area contributed by atoms with E-state index in [0.29, 0.717) is 0 Å². The molecule has 0 radical (unpaired) electrons. The molecular formula is C14H16N4O. The molecule has 1 saturated carbocycles. The minimum atomic E-state index is -0.676. The van der Waals surface area contributed by atoms with Crippen molar-refractivity contribution in [1.82, 2.24) is 9.55 Å². The summed E-state index contributed by atoms with van der Waals surface area (Å²) in [4.78, 5) is 16.1. The molecule has 1 aliphatic carbocycles. The number of imidazole rings is 1. The molecule has 1 fully saturated rings. The summed E-state index contributed by atoms with van der Waals surface area (Å²) in [7, 11) is 0.